The molecule has 0 aromatic heterocycles. The van der Waals surface area contributed by atoms with E-state index < -0.39 is 0 Å². The van der Waals surface area contributed by atoms with E-state index in [1.54, 1.807) is 0 Å². The van der Waals surface area contributed by atoms with E-state index in [2.05, 4.69) is 52.5 Å². The Kier molecular flexibility index (Phi) is 4.49. The average Bonchev–Trinajstić information content (AvgIpc) is 2.27. The quantitative estimate of drug-likeness (QED) is 0.917. The lowest BCUT2D eigenvalue weighted by molar-refractivity contribution is 0.125. The minimum Gasteiger partial charge on any atom is -0.315 e. The van der Waals surface area contributed by atoms with Crippen molar-refractivity contribution in [3.05, 3.63) is 45.4 Å². The van der Waals surface area contributed by atoms with Gasteiger partial charge in [-0.05, 0) is 36.6 Å². The lowest BCUT2D eigenvalue weighted by atomic mass is 9.94. The smallest absolute Gasteiger partial charge is 0.0627 e. The molecule has 2 unspecified atom stereocenters. The molecular formula is C14H18BrClN2. The summed E-state index contributed by atoms with van der Waals surface area (Å²) in [6.45, 7) is 6.81. The zero-order chi connectivity index (χ0) is 13.3. The maximum Gasteiger partial charge on any atom is 0.0627 e. The molecule has 2 nitrogen and oxygen atoms in total. The highest BCUT2D eigenvalue weighted by molar-refractivity contribution is 9.10. The molecule has 0 amide bonds. The molecule has 0 bridgehead atoms. The Balaban J connectivity index is 2.18. The molecule has 18 heavy (non-hydrogen) atoms. The highest BCUT2D eigenvalue weighted by Gasteiger charge is 2.27. The SMILES string of the molecule is C=C(Cl)CC(N)N1Cc2cc(Br)ccc2CC1C. The highest BCUT2D eigenvalue weighted by Crippen LogP contribution is 2.28. The van der Waals surface area contributed by atoms with E-state index in [0.29, 0.717) is 17.5 Å². The lowest BCUT2D eigenvalue weighted by Crippen LogP contribution is -2.49. The van der Waals surface area contributed by atoms with Crippen molar-refractivity contribution < 1.29 is 0 Å². The van der Waals surface area contributed by atoms with Crippen molar-refractivity contribution in [2.45, 2.75) is 38.5 Å². The maximum atomic E-state index is 6.20. The van der Waals surface area contributed by atoms with Crippen molar-refractivity contribution in [1.29, 1.82) is 0 Å². The van der Waals surface area contributed by atoms with Crippen LogP contribution in [0.15, 0.2) is 34.3 Å². The van der Waals surface area contributed by atoms with Crippen molar-refractivity contribution in [3.8, 4) is 0 Å². The molecule has 1 aliphatic heterocycles. The van der Waals surface area contributed by atoms with E-state index >= 15 is 0 Å². The molecular weight excluding hydrogens is 312 g/mol. The summed E-state index contributed by atoms with van der Waals surface area (Å²) in [5.41, 5.74) is 8.96. The lowest BCUT2D eigenvalue weighted by Gasteiger charge is -2.38. The molecule has 0 fully saturated rings. The predicted molar refractivity (Wildman–Crippen MR) is 80.4 cm³/mol. The predicted octanol–water partition coefficient (Wildman–Crippen LogP) is 3.62. The van der Waals surface area contributed by atoms with Crippen LogP contribution in [0.1, 0.15) is 24.5 Å². The van der Waals surface area contributed by atoms with Gasteiger partial charge in [0.15, 0.2) is 0 Å². The van der Waals surface area contributed by atoms with Crippen molar-refractivity contribution in [2.24, 2.45) is 5.73 Å². The van der Waals surface area contributed by atoms with Gasteiger partial charge in [-0.2, -0.15) is 0 Å². The first-order valence-electron chi connectivity index (χ1n) is 6.09. The molecule has 0 spiro atoms. The fraction of sp³-hybridized carbons (Fsp3) is 0.429. The number of benzene rings is 1. The van der Waals surface area contributed by atoms with E-state index in [4.69, 9.17) is 17.3 Å². The number of halogens is 2. The van der Waals surface area contributed by atoms with Gasteiger partial charge in [0.2, 0.25) is 0 Å². The van der Waals surface area contributed by atoms with E-state index in [1.165, 1.54) is 11.1 Å². The van der Waals surface area contributed by atoms with Crippen LogP contribution >= 0.6 is 27.5 Å². The number of hydrogen-bond acceptors (Lipinski definition) is 2. The van der Waals surface area contributed by atoms with Crippen LogP contribution in [0.25, 0.3) is 0 Å². The summed E-state index contributed by atoms with van der Waals surface area (Å²) in [5, 5.41) is 0.620. The molecule has 2 N–H and O–H groups in total. The Hall–Kier alpha value is -0.350. The van der Waals surface area contributed by atoms with Gasteiger partial charge in [0.05, 0.1) is 6.17 Å². The molecule has 98 valence electrons. The Bertz CT molecular complexity index is 461. The first-order valence-corrected chi connectivity index (χ1v) is 7.26. The topological polar surface area (TPSA) is 29.3 Å². The summed E-state index contributed by atoms with van der Waals surface area (Å²) in [6.07, 6.45) is 1.61. The largest absolute Gasteiger partial charge is 0.315 e. The van der Waals surface area contributed by atoms with Gasteiger partial charge in [0.25, 0.3) is 0 Å². The molecule has 2 rings (SSSR count). The number of fused-ring (bicyclic) bond motifs is 1. The van der Waals surface area contributed by atoms with E-state index in [1.807, 2.05) is 0 Å². The van der Waals surface area contributed by atoms with Crippen molar-refractivity contribution in [1.82, 2.24) is 4.90 Å². The fourth-order valence-corrected chi connectivity index (χ4v) is 3.08. The molecule has 1 aromatic rings. The van der Waals surface area contributed by atoms with Crippen LogP contribution in [0.3, 0.4) is 0 Å². The third-order valence-corrected chi connectivity index (χ3v) is 4.11. The minimum absolute atomic E-state index is 0.0582. The Morgan fingerprint density at radius 2 is 2.33 bits per heavy atom. The van der Waals surface area contributed by atoms with E-state index in [-0.39, 0.29) is 6.17 Å². The molecule has 1 aliphatic rings. The summed E-state index contributed by atoms with van der Waals surface area (Å²) in [7, 11) is 0. The van der Waals surface area contributed by atoms with Crippen LogP contribution in [0.5, 0.6) is 0 Å². The van der Waals surface area contributed by atoms with Crippen LogP contribution in [0.2, 0.25) is 0 Å². The van der Waals surface area contributed by atoms with E-state index in [0.717, 1.165) is 17.4 Å². The second-order valence-corrected chi connectivity index (χ2v) is 6.38. The standard InChI is InChI=1S/C14H18BrClN2/c1-9(16)5-14(17)18-8-12-7-13(15)4-3-11(12)6-10(18)2/h3-4,7,10,14H,1,5-6,8,17H2,2H3. The van der Waals surface area contributed by atoms with Gasteiger partial charge in [-0.3, -0.25) is 4.90 Å². The number of rotatable bonds is 3. The summed E-state index contributed by atoms with van der Waals surface area (Å²) >= 11 is 9.37. The molecule has 0 radical (unpaired) electrons. The van der Waals surface area contributed by atoms with Gasteiger partial charge >= 0.3 is 0 Å². The van der Waals surface area contributed by atoms with Gasteiger partial charge in [-0.1, -0.05) is 40.2 Å². The number of nitrogens with two attached hydrogens (primary N) is 1. The van der Waals surface area contributed by atoms with Gasteiger partial charge in [0, 0.05) is 28.5 Å². The third kappa shape index (κ3) is 3.15. The normalized spacial score (nSPS) is 21.4. The van der Waals surface area contributed by atoms with Crippen LogP contribution in [-0.4, -0.2) is 17.1 Å². The van der Waals surface area contributed by atoms with Crippen LogP contribution in [-0.2, 0) is 13.0 Å². The summed E-state index contributed by atoms with van der Waals surface area (Å²) < 4.78 is 1.12. The van der Waals surface area contributed by atoms with Gasteiger partial charge in [-0.25, -0.2) is 0 Å². The first kappa shape index (κ1) is 14.1. The molecule has 1 heterocycles. The minimum atomic E-state index is -0.0582. The summed E-state index contributed by atoms with van der Waals surface area (Å²) in [4.78, 5) is 2.29. The van der Waals surface area contributed by atoms with E-state index in [9.17, 15) is 0 Å². The van der Waals surface area contributed by atoms with Crippen LogP contribution < -0.4 is 5.73 Å². The van der Waals surface area contributed by atoms with Crippen molar-refractivity contribution in [3.63, 3.8) is 0 Å². The zero-order valence-electron chi connectivity index (χ0n) is 10.5. The molecule has 4 heteroatoms. The summed E-state index contributed by atoms with van der Waals surface area (Å²) in [6, 6.07) is 6.90. The van der Waals surface area contributed by atoms with Gasteiger partial charge in [0.1, 0.15) is 0 Å². The zero-order valence-corrected chi connectivity index (χ0v) is 12.8. The molecule has 1 aromatic carbocycles. The molecule has 0 aliphatic carbocycles. The van der Waals surface area contributed by atoms with Crippen LogP contribution in [0, 0.1) is 0 Å². The average molecular weight is 330 g/mol. The highest BCUT2D eigenvalue weighted by atomic mass is 79.9. The number of nitrogens with zero attached hydrogens (tertiary/aromatic N) is 1. The Morgan fingerprint density at radius 3 is 3.00 bits per heavy atom. The second kappa shape index (κ2) is 5.74. The van der Waals surface area contributed by atoms with Gasteiger partial charge < -0.3 is 5.73 Å². The third-order valence-electron chi connectivity index (χ3n) is 3.46. The maximum absolute atomic E-state index is 6.20. The Morgan fingerprint density at radius 1 is 1.61 bits per heavy atom. The number of hydrogen-bond donors (Lipinski definition) is 1. The second-order valence-electron chi connectivity index (χ2n) is 4.93. The monoisotopic (exact) mass is 328 g/mol. The van der Waals surface area contributed by atoms with Crippen molar-refractivity contribution >= 4 is 27.5 Å². The Labute approximate surface area is 122 Å². The molecule has 2 atom stereocenters. The van der Waals surface area contributed by atoms with Crippen LogP contribution in [0.4, 0.5) is 0 Å². The first-order chi connectivity index (χ1) is 8.47. The fourth-order valence-electron chi connectivity index (χ4n) is 2.52. The summed E-state index contributed by atoms with van der Waals surface area (Å²) in [5.74, 6) is 0. The molecule has 0 saturated carbocycles. The molecule has 0 saturated heterocycles. The van der Waals surface area contributed by atoms with Crippen molar-refractivity contribution in [2.75, 3.05) is 0 Å². The van der Waals surface area contributed by atoms with Gasteiger partial charge in [-0.15, -0.1) is 0 Å².